The predicted octanol–water partition coefficient (Wildman–Crippen LogP) is 2.82. The maximum absolute atomic E-state index is 11.3. The molecule has 0 bridgehead atoms. The van der Waals surface area contributed by atoms with Crippen LogP contribution in [0.1, 0.15) is 12.8 Å². The van der Waals surface area contributed by atoms with E-state index >= 15 is 0 Å². The lowest BCUT2D eigenvalue weighted by molar-refractivity contribution is -0.117. The highest BCUT2D eigenvalue weighted by atomic mass is 32.2. The summed E-state index contributed by atoms with van der Waals surface area (Å²) in [6, 6.07) is 4.09. The van der Waals surface area contributed by atoms with E-state index in [-0.39, 0.29) is 0 Å². The van der Waals surface area contributed by atoms with Crippen molar-refractivity contribution in [1.82, 2.24) is 0 Å². The average molecular weight is 198 g/mol. The molecule has 2 rings (SSSR count). The second-order valence-electron chi connectivity index (χ2n) is 2.96. The number of thiophene rings is 1. The topological polar surface area (TPSA) is 17.1 Å². The monoisotopic (exact) mass is 198 g/mol. The van der Waals surface area contributed by atoms with Crippen LogP contribution in [0, 0.1) is 5.92 Å². The molecule has 0 saturated heterocycles. The number of carbonyl (C=O) groups is 1. The Morgan fingerprint density at radius 2 is 2.50 bits per heavy atom. The van der Waals surface area contributed by atoms with Gasteiger partial charge < -0.3 is 0 Å². The quantitative estimate of drug-likeness (QED) is 0.692. The number of Topliss-reactive ketones (excluding diaryl/α,β-unsaturated/α-hetero) is 1. The van der Waals surface area contributed by atoms with Crippen LogP contribution in [0.5, 0.6) is 0 Å². The maximum Gasteiger partial charge on any atom is 0.146 e. The molecule has 1 aromatic rings. The van der Waals surface area contributed by atoms with Crippen LogP contribution in [0.25, 0.3) is 0 Å². The van der Waals surface area contributed by atoms with Crippen molar-refractivity contribution in [3.8, 4) is 0 Å². The molecule has 1 heterocycles. The van der Waals surface area contributed by atoms with E-state index in [1.807, 2.05) is 11.4 Å². The lowest BCUT2D eigenvalue weighted by Crippen LogP contribution is -2.02. The summed E-state index contributed by atoms with van der Waals surface area (Å²) in [5.74, 6) is 1.52. The Hall–Kier alpha value is -0.280. The molecule has 1 fully saturated rings. The van der Waals surface area contributed by atoms with Crippen molar-refractivity contribution in [2.24, 2.45) is 5.92 Å². The van der Waals surface area contributed by atoms with E-state index in [0.717, 1.165) is 12.8 Å². The van der Waals surface area contributed by atoms with Gasteiger partial charge >= 0.3 is 0 Å². The van der Waals surface area contributed by atoms with Crippen molar-refractivity contribution in [3.63, 3.8) is 0 Å². The summed E-state index contributed by atoms with van der Waals surface area (Å²) in [7, 11) is 0. The zero-order valence-corrected chi connectivity index (χ0v) is 8.29. The Morgan fingerprint density at radius 3 is 3.08 bits per heavy atom. The summed E-state index contributed by atoms with van der Waals surface area (Å²) in [6.45, 7) is 0. The van der Waals surface area contributed by atoms with E-state index in [2.05, 4.69) is 6.07 Å². The molecule has 1 nitrogen and oxygen atoms in total. The summed E-state index contributed by atoms with van der Waals surface area (Å²) >= 11 is 3.38. The van der Waals surface area contributed by atoms with Gasteiger partial charge in [-0.1, -0.05) is 6.07 Å². The molecule has 0 spiro atoms. The average Bonchev–Trinajstić information content (AvgIpc) is 2.80. The highest BCUT2D eigenvalue weighted by Crippen LogP contribution is 2.32. The first-order chi connectivity index (χ1) is 5.86. The molecule has 0 unspecified atom stereocenters. The fraction of sp³-hybridized carbons (Fsp3) is 0.444. The summed E-state index contributed by atoms with van der Waals surface area (Å²) in [6.07, 6.45) is 2.26. The normalized spacial score (nSPS) is 16.3. The molecule has 0 aliphatic heterocycles. The maximum atomic E-state index is 11.3. The Bertz CT molecular complexity index is 262. The summed E-state index contributed by atoms with van der Waals surface area (Å²) in [4.78, 5) is 11.3. The first-order valence-electron chi connectivity index (χ1n) is 4.05. The Morgan fingerprint density at radius 1 is 1.67 bits per heavy atom. The summed E-state index contributed by atoms with van der Waals surface area (Å²) in [5, 5.41) is 2.05. The van der Waals surface area contributed by atoms with E-state index in [1.165, 1.54) is 4.21 Å². The van der Waals surface area contributed by atoms with E-state index in [4.69, 9.17) is 0 Å². The van der Waals surface area contributed by atoms with Crippen LogP contribution in [-0.2, 0) is 4.79 Å². The molecule has 64 valence electrons. The Labute approximate surface area is 80.2 Å². The van der Waals surface area contributed by atoms with Gasteiger partial charge in [0.1, 0.15) is 5.78 Å². The van der Waals surface area contributed by atoms with Gasteiger partial charge in [-0.25, -0.2) is 0 Å². The fourth-order valence-electron chi connectivity index (χ4n) is 1.01. The molecule has 3 heteroatoms. The fourth-order valence-corrected chi connectivity index (χ4v) is 2.77. The molecule has 1 aromatic heterocycles. The number of rotatable bonds is 4. The molecular formula is C9H10OS2. The molecule has 0 N–H and O–H groups in total. The van der Waals surface area contributed by atoms with Crippen molar-refractivity contribution < 1.29 is 4.79 Å². The van der Waals surface area contributed by atoms with E-state index < -0.39 is 0 Å². The minimum absolute atomic E-state index is 0.414. The van der Waals surface area contributed by atoms with Crippen LogP contribution in [0.4, 0.5) is 0 Å². The van der Waals surface area contributed by atoms with Gasteiger partial charge in [0.05, 0.1) is 9.96 Å². The lowest BCUT2D eigenvalue weighted by Gasteiger charge is -1.95. The molecular weight excluding hydrogens is 188 g/mol. The largest absolute Gasteiger partial charge is 0.298 e. The number of hydrogen-bond donors (Lipinski definition) is 0. The van der Waals surface area contributed by atoms with Crippen LogP contribution in [0.15, 0.2) is 21.7 Å². The highest BCUT2D eigenvalue weighted by molar-refractivity contribution is 8.01. The van der Waals surface area contributed by atoms with Gasteiger partial charge in [-0.2, -0.15) is 0 Å². The van der Waals surface area contributed by atoms with Gasteiger partial charge in [0.15, 0.2) is 0 Å². The van der Waals surface area contributed by atoms with Gasteiger partial charge in [-0.3, -0.25) is 4.79 Å². The molecule has 1 aliphatic rings. The number of thioether (sulfide) groups is 1. The predicted molar refractivity (Wildman–Crippen MR) is 52.8 cm³/mol. The van der Waals surface area contributed by atoms with Gasteiger partial charge in [0, 0.05) is 5.92 Å². The van der Waals surface area contributed by atoms with Crippen LogP contribution in [0.3, 0.4) is 0 Å². The molecule has 0 amide bonds. The smallest absolute Gasteiger partial charge is 0.146 e. The first kappa shape index (κ1) is 8.32. The van der Waals surface area contributed by atoms with Crippen molar-refractivity contribution in [3.05, 3.63) is 17.5 Å². The molecule has 0 radical (unpaired) electrons. The number of hydrogen-bond acceptors (Lipinski definition) is 3. The molecule has 1 saturated carbocycles. The Kier molecular flexibility index (Phi) is 2.51. The van der Waals surface area contributed by atoms with Crippen LogP contribution < -0.4 is 0 Å². The van der Waals surface area contributed by atoms with Crippen molar-refractivity contribution in [1.29, 1.82) is 0 Å². The number of carbonyl (C=O) groups excluding carboxylic acids is 1. The minimum Gasteiger partial charge on any atom is -0.298 e. The van der Waals surface area contributed by atoms with Gasteiger partial charge in [-0.15, -0.1) is 23.1 Å². The third-order valence-electron chi connectivity index (χ3n) is 1.88. The molecule has 1 aliphatic carbocycles. The van der Waals surface area contributed by atoms with Crippen molar-refractivity contribution in [2.45, 2.75) is 17.1 Å². The number of ketones is 1. The van der Waals surface area contributed by atoms with E-state index in [1.54, 1.807) is 23.1 Å². The highest BCUT2D eigenvalue weighted by Gasteiger charge is 2.28. The summed E-state index contributed by atoms with van der Waals surface area (Å²) < 4.78 is 1.25. The van der Waals surface area contributed by atoms with Crippen LogP contribution in [-0.4, -0.2) is 11.5 Å². The molecule has 12 heavy (non-hydrogen) atoms. The molecule has 0 aromatic carbocycles. The second kappa shape index (κ2) is 3.62. The third kappa shape index (κ3) is 2.11. The van der Waals surface area contributed by atoms with Gasteiger partial charge in [0.25, 0.3) is 0 Å². The minimum atomic E-state index is 0.414. The van der Waals surface area contributed by atoms with E-state index in [9.17, 15) is 4.79 Å². The molecule has 0 atom stereocenters. The van der Waals surface area contributed by atoms with Gasteiger partial charge in [0.2, 0.25) is 0 Å². The van der Waals surface area contributed by atoms with Crippen LogP contribution in [0.2, 0.25) is 0 Å². The zero-order valence-electron chi connectivity index (χ0n) is 6.66. The van der Waals surface area contributed by atoms with Crippen LogP contribution >= 0.6 is 23.1 Å². The van der Waals surface area contributed by atoms with Gasteiger partial charge in [-0.05, 0) is 24.3 Å². The Balaban J connectivity index is 1.78. The summed E-state index contributed by atoms with van der Waals surface area (Å²) in [5.41, 5.74) is 0. The second-order valence-corrected chi connectivity index (χ2v) is 5.18. The SMILES string of the molecule is O=C(CSc1cccs1)C1CC1. The first-order valence-corrected chi connectivity index (χ1v) is 5.92. The van der Waals surface area contributed by atoms with Crippen molar-refractivity contribution in [2.75, 3.05) is 5.75 Å². The van der Waals surface area contributed by atoms with E-state index in [0.29, 0.717) is 17.5 Å². The lowest BCUT2D eigenvalue weighted by atomic mass is 10.3. The third-order valence-corrected chi connectivity index (χ3v) is 4.04. The van der Waals surface area contributed by atoms with Crippen molar-refractivity contribution >= 4 is 28.9 Å². The standard InChI is InChI=1S/C9H10OS2/c10-8(7-3-4-7)6-12-9-2-1-5-11-9/h1-2,5,7H,3-4,6H2. The zero-order chi connectivity index (χ0) is 8.39.